The Morgan fingerprint density at radius 2 is 1.55 bits per heavy atom. The van der Waals surface area contributed by atoms with Gasteiger partial charge in [0.15, 0.2) is 0 Å². The second kappa shape index (κ2) is 11.8. The molecule has 31 heavy (non-hydrogen) atoms. The highest BCUT2D eigenvalue weighted by Crippen LogP contribution is 2.21. The zero-order chi connectivity index (χ0) is 22.1. The molecule has 0 spiro atoms. The zero-order valence-electron chi connectivity index (χ0n) is 18.7. The molecule has 2 aromatic carbocycles. The SMILES string of the molecule is CCCCOCCCc1ccc(CCc2ccc3cc(CCC)oc(=O)c3c2F)cc1. The molecule has 0 aliphatic carbocycles. The zero-order valence-corrected chi connectivity index (χ0v) is 18.7. The molecule has 0 saturated carbocycles. The van der Waals surface area contributed by atoms with E-state index in [0.29, 0.717) is 29.6 Å². The average Bonchev–Trinajstić information content (AvgIpc) is 2.76. The third-order valence-corrected chi connectivity index (χ3v) is 5.60. The molecule has 0 fully saturated rings. The van der Waals surface area contributed by atoms with Crippen LogP contribution in [0.5, 0.6) is 0 Å². The molecule has 0 atom stereocenters. The molecule has 3 rings (SSSR count). The van der Waals surface area contributed by atoms with Gasteiger partial charge in [0.05, 0.1) is 0 Å². The highest BCUT2D eigenvalue weighted by atomic mass is 19.1. The lowest BCUT2D eigenvalue weighted by atomic mass is 9.99. The first-order valence-electron chi connectivity index (χ1n) is 11.5. The Kier molecular flexibility index (Phi) is 8.84. The Bertz CT molecular complexity index is 1020. The molecule has 0 unspecified atom stereocenters. The number of hydrogen-bond donors (Lipinski definition) is 0. The monoisotopic (exact) mass is 424 g/mol. The number of unbranched alkanes of at least 4 members (excludes halogenated alkanes) is 1. The van der Waals surface area contributed by atoms with Gasteiger partial charge in [-0.05, 0) is 66.7 Å². The van der Waals surface area contributed by atoms with E-state index in [1.165, 1.54) is 5.56 Å². The van der Waals surface area contributed by atoms with E-state index in [2.05, 4.69) is 31.2 Å². The summed E-state index contributed by atoms with van der Waals surface area (Å²) in [5, 5.41) is 0.679. The Hall–Kier alpha value is -2.46. The molecular weight excluding hydrogens is 391 g/mol. The molecule has 4 heteroatoms. The van der Waals surface area contributed by atoms with Gasteiger partial charge in [-0.3, -0.25) is 0 Å². The summed E-state index contributed by atoms with van der Waals surface area (Å²) < 4.78 is 25.9. The second-order valence-electron chi connectivity index (χ2n) is 8.14. The maximum absolute atomic E-state index is 15.0. The molecule has 0 N–H and O–H groups in total. The Morgan fingerprint density at radius 3 is 2.26 bits per heavy atom. The molecule has 1 aromatic heterocycles. The van der Waals surface area contributed by atoms with Crippen molar-refractivity contribution in [3.05, 3.63) is 81.2 Å². The number of rotatable bonds is 12. The van der Waals surface area contributed by atoms with Gasteiger partial charge >= 0.3 is 5.63 Å². The predicted molar refractivity (Wildman–Crippen MR) is 124 cm³/mol. The van der Waals surface area contributed by atoms with E-state index in [0.717, 1.165) is 57.3 Å². The smallest absolute Gasteiger partial charge is 0.346 e. The van der Waals surface area contributed by atoms with Gasteiger partial charge in [0.1, 0.15) is 17.0 Å². The highest BCUT2D eigenvalue weighted by molar-refractivity contribution is 5.82. The normalized spacial score (nSPS) is 11.3. The van der Waals surface area contributed by atoms with E-state index in [-0.39, 0.29) is 5.39 Å². The lowest BCUT2D eigenvalue weighted by Crippen LogP contribution is -2.07. The Labute approximate surface area is 184 Å². The van der Waals surface area contributed by atoms with Crippen molar-refractivity contribution < 1.29 is 13.5 Å². The van der Waals surface area contributed by atoms with Gasteiger partial charge in [0.2, 0.25) is 0 Å². The number of aryl methyl sites for hydroxylation is 4. The molecule has 0 saturated heterocycles. The van der Waals surface area contributed by atoms with E-state index in [9.17, 15) is 9.18 Å². The van der Waals surface area contributed by atoms with E-state index >= 15 is 0 Å². The Morgan fingerprint density at radius 1 is 0.839 bits per heavy atom. The summed E-state index contributed by atoms with van der Waals surface area (Å²) in [6, 6.07) is 13.9. The van der Waals surface area contributed by atoms with Crippen molar-refractivity contribution in [2.24, 2.45) is 0 Å². The molecule has 0 amide bonds. The van der Waals surface area contributed by atoms with E-state index in [1.807, 2.05) is 13.0 Å². The minimum Gasteiger partial charge on any atom is -0.427 e. The fourth-order valence-electron chi connectivity index (χ4n) is 3.78. The molecule has 166 valence electrons. The summed E-state index contributed by atoms with van der Waals surface area (Å²) in [6.07, 6.45) is 7.13. The average molecular weight is 425 g/mol. The summed E-state index contributed by atoms with van der Waals surface area (Å²) in [4.78, 5) is 12.3. The highest BCUT2D eigenvalue weighted by Gasteiger charge is 2.13. The van der Waals surface area contributed by atoms with Gasteiger partial charge in [-0.15, -0.1) is 0 Å². The van der Waals surface area contributed by atoms with Crippen molar-refractivity contribution in [2.75, 3.05) is 13.2 Å². The minimum atomic E-state index is -0.580. The number of benzene rings is 2. The first-order chi connectivity index (χ1) is 15.1. The molecule has 1 heterocycles. The maximum atomic E-state index is 15.0. The van der Waals surface area contributed by atoms with Crippen LogP contribution in [-0.2, 0) is 30.4 Å². The van der Waals surface area contributed by atoms with E-state index in [4.69, 9.17) is 9.15 Å². The lowest BCUT2D eigenvalue weighted by Gasteiger charge is -2.08. The number of halogens is 1. The van der Waals surface area contributed by atoms with Crippen molar-refractivity contribution in [1.29, 1.82) is 0 Å². The molecule has 3 nitrogen and oxygen atoms in total. The van der Waals surface area contributed by atoms with Crippen LogP contribution in [0.25, 0.3) is 10.8 Å². The van der Waals surface area contributed by atoms with Crippen LogP contribution in [0.2, 0.25) is 0 Å². The molecule has 3 aromatic rings. The van der Waals surface area contributed by atoms with Crippen molar-refractivity contribution in [2.45, 2.75) is 65.2 Å². The fraction of sp³-hybridized carbons (Fsp3) is 0.444. The van der Waals surface area contributed by atoms with Crippen LogP contribution < -0.4 is 5.63 Å². The summed E-state index contributed by atoms with van der Waals surface area (Å²) in [6.45, 7) is 5.84. The minimum absolute atomic E-state index is 0.0638. The van der Waals surface area contributed by atoms with E-state index < -0.39 is 11.4 Å². The van der Waals surface area contributed by atoms with Crippen molar-refractivity contribution in [3.8, 4) is 0 Å². The van der Waals surface area contributed by atoms with E-state index in [1.54, 1.807) is 12.1 Å². The van der Waals surface area contributed by atoms with Gasteiger partial charge in [0.25, 0.3) is 0 Å². The van der Waals surface area contributed by atoms with Gasteiger partial charge in [-0.2, -0.15) is 0 Å². The molecule has 0 radical (unpaired) electrons. The predicted octanol–water partition coefficient (Wildman–Crippen LogP) is 6.42. The van der Waals surface area contributed by atoms with Crippen molar-refractivity contribution >= 4 is 10.8 Å². The summed E-state index contributed by atoms with van der Waals surface area (Å²) in [5.74, 6) is 0.161. The van der Waals surface area contributed by atoms with Gasteiger partial charge < -0.3 is 9.15 Å². The van der Waals surface area contributed by atoms with Crippen LogP contribution >= 0.6 is 0 Å². The Balaban J connectivity index is 1.58. The standard InChI is InChI=1S/C27H33FO3/c1-3-5-17-30-18-6-8-20-9-11-21(12-10-20)13-14-22-15-16-23-19-24(7-4-2)31-27(29)25(23)26(22)28/h9-12,15-16,19H,3-8,13-14,17-18H2,1-2H3. The third-order valence-electron chi connectivity index (χ3n) is 5.60. The fourth-order valence-corrected chi connectivity index (χ4v) is 3.78. The topological polar surface area (TPSA) is 39.4 Å². The molecule has 0 aliphatic rings. The second-order valence-corrected chi connectivity index (χ2v) is 8.14. The van der Waals surface area contributed by atoms with Crippen molar-refractivity contribution in [3.63, 3.8) is 0 Å². The number of hydrogen-bond acceptors (Lipinski definition) is 3. The lowest BCUT2D eigenvalue weighted by molar-refractivity contribution is 0.129. The van der Waals surface area contributed by atoms with Gasteiger partial charge in [-0.25, -0.2) is 9.18 Å². The molecular formula is C27H33FO3. The van der Waals surface area contributed by atoms with Crippen LogP contribution in [0.3, 0.4) is 0 Å². The van der Waals surface area contributed by atoms with Crippen LogP contribution in [-0.4, -0.2) is 13.2 Å². The number of fused-ring (bicyclic) bond motifs is 1. The number of ether oxygens (including phenoxy) is 1. The van der Waals surface area contributed by atoms with Crippen molar-refractivity contribution in [1.82, 2.24) is 0 Å². The summed E-state index contributed by atoms with van der Waals surface area (Å²) in [5.41, 5.74) is 2.42. The molecule has 0 bridgehead atoms. The van der Waals surface area contributed by atoms with Gasteiger partial charge in [-0.1, -0.05) is 56.7 Å². The van der Waals surface area contributed by atoms with Crippen LogP contribution in [0.4, 0.5) is 4.39 Å². The summed E-state index contributed by atoms with van der Waals surface area (Å²) in [7, 11) is 0. The quantitative estimate of drug-likeness (QED) is 0.315. The van der Waals surface area contributed by atoms with Gasteiger partial charge in [0, 0.05) is 19.6 Å². The van der Waals surface area contributed by atoms with Crippen LogP contribution in [0.15, 0.2) is 51.7 Å². The molecule has 0 aliphatic heterocycles. The first kappa shape index (κ1) is 23.2. The first-order valence-corrected chi connectivity index (χ1v) is 11.5. The van der Waals surface area contributed by atoms with Crippen LogP contribution in [0, 0.1) is 5.82 Å². The maximum Gasteiger partial charge on any atom is 0.346 e. The summed E-state index contributed by atoms with van der Waals surface area (Å²) >= 11 is 0. The third kappa shape index (κ3) is 6.51. The van der Waals surface area contributed by atoms with Crippen LogP contribution in [0.1, 0.15) is 62.0 Å². The largest absolute Gasteiger partial charge is 0.427 e.